The van der Waals surface area contributed by atoms with Gasteiger partial charge in [-0.25, -0.2) is 0 Å². The van der Waals surface area contributed by atoms with E-state index in [0.29, 0.717) is 0 Å². The second-order valence-corrected chi connectivity index (χ2v) is 4.09. The number of aryl methyl sites for hydroxylation is 2. The van der Waals surface area contributed by atoms with Crippen LogP contribution in [0.2, 0.25) is 0 Å². The lowest BCUT2D eigenvalue weighted by Gasteiger charge is -1.95. The third-order valence-corrected chi connectivity index (χ3v) is 2.34. The van der Waals surface area contributed by atoms with Crippen LogP contribution < -0.4 is 5.32 Å². The predicted octanol–water partition coefficient (Wildman–Crippen LogP) is 3.95. The summed E-state index contributed by atoms with van der Waals surface area (Å²) >= 11 is 0. The average molecular weight is 221 g/mol. The minimum absolute atomic E-state index is 1.14. The molecule has 0 aliphatic heterocycles. The molecule has 1 nitrogen and oxygen atoms in total. The molecule has 0 atom stereocenters. The highest BCUT2D eigenvalue weighted by Gasteiger charge is 1.85. The van der Waals surface area contributed by atoms with E-state index in [2.05, 4.69) is 57.3 Å². The molecule has 0 amide bonds. The maximum atomic E-state index is 3.28. The van der Waals surface area contributed by atoms with Gasteiger partial charge in [-0.05, 0) is 44.8 Å². The molecule has 0 unspecified atom stereocenters. The Hall–Kier alpha value is -0.820. The van der Waals surface area contributed by atoms with Crippen LogP contribution >= 0.6 is 0 Å². The SMILES string of the molecule is CCCNCCC.CCc1cccc(C)c1. The average Bonchev–Trinajstić information content (AvgIpc) is 2.31. The van der Waals surface area contributed by atoms with Crippen LogP contribution in [-0.4, -0.2) is 13.1 Å². The Bertz CT molecular complexity index is 251. The fourth-order valence-corrected chi connectivity index (χ4v) is 1.41. The zero-order valence-electron chi connectivity index (χ0n) is 11.3. The molecule has 1 N–H and O–H groups in total. The van der Waals surface area contributed by atoms with Gasteiger partial charge in [0.15, 0.2) is 0 Å². The molecule has 0 aliphatic rings. The van der Waals surface area contributed by atoms with Gasteiger partial charge in [0.1, 0.15) is 0 Å². The van der Waals surface area contributed by atoms with Gasteiger partial charge in [-0.3, -0.25) is 0 Å². The van der Waals surface area contributed by atoms with Gasteiger partial charge in [0.05, 0.1) is 0 Å². The predicted molar refractivity (Wildman–Crippen MR) is 74.0 cm³/mol. The molecule has 1 aromatic rings. The highest BCUT2D eigenvalue weighted by molar-refractivity contribution is 5.21. The Balaban J connectivity index is 0.000000293. The molecule has 0 aliphatic carbocycles. The van der Waals surface area contributed by atoms with Crippen molar-refractivity contribution >= 4 is 0 Å². The summed E-state index contributed by atoms with van der Waals surface area (Å²) in [5.41, 5.74) is 2.78. The Kier molecular flexibility index (Phi) is 10.1. The highest BCUT2D eigenvalue weighted by atomic mass is 14.8. The number of rotatable bonds is 5. The Morgan fingerprint density at radius 3 is 2.00 bits per heavy atom. The van der Waals surface area contributed by atoms with Crippen LogP contribution in [0.1, 0.15) is 44.7 Å². The van der Waals surface area contributed by atoms with E-state index < -0.39 is 0 Å². The van der Waals surface area contributed by atoms with Crippen molar-refractivity contribution in [2.75, 3.05) is 13.1 Å². The fourth-order valence-electron chi connectivity index (χ4n) is 1.41. The van der Waals surface area contributed by atoms with Gasteiger partial charge in [0.25, 0.3) is 0 Å². The van der Waals surface area contributed by atoms with E-state index in [0.717, 1.165) is 6.42 Å². The summed E-state index contributed by atoms with van der Waals surface area (Å²) in [6.07, 6.45) is 3.64. The van der Waals surface area contributed by atoms with Crippen molar-refractivity contribution in [3.63, 3.8) is 0 Å². The molecule has 0 bridgehead atoms. The summed E-state index contributed by atoms with van der Waals surface area (Å²) in [4.78, 5) is 0. The maximum Gasteiger partial charge on any atom is -0.00516 e. The quantitative estimate of drug-likeness (QED) is 0.742. The van der Waals surface area contributed by atoms with Crippen LogP contribution in [0.15, 0.2) is 24.3 Å². The molecule has 16 heavy (non-hydrogen) atoms. The Morgan fingerprint density at radius 1 is 1.00 bits per heavy atom. The van der Waals surface area contributed by atoms with Crippen molar-refractivity contribution in [3.8, 4) is 0 Å². The third-order valence-electron chi connectivity index (χ3n) is 2.34. The van der Waals surface area contributed by atoms with E-state index in [9.17, 15) is 0 Å². The molecule has 0 fully saturated rings. The van der Waals surface area contributed by atoms with Crippen molar-refractivity contribution in [3.05, 3.63) is 35.4 Å². The summed E-state index contributed by atoms with van der Waals surface area (Å²) in [5, 5.41) is 3.28. The molecule has 0 saturated carbocycles. The first-order valence-electron chi connectivity index (χ1n) is 6.50. The lowest BCUT2D eigenvalue weighted by Crippen LogP contribution is -2.14. The summed E-state index contributed by atoms with van der Waals surface area (Å²) in [6.45, 7) is 11.0. The first-order chi connectivity index (χ1) is 7.74. The fraction of sp³-hybridized carbons (Fsp3) is 0.600. The van der Waals surface area contributed by atoms with Gasteiger partial charge in [0, 0.05) is 0 Å². The number of nitrogens with one attached hydrogen (secondary N) is 1. The van der Waals surface area contributed by atoms with Crippen molar-refractivity contribution < 1.29 is 0 Å². The van der Waals surface area contributed by atoms with Crippen LogP contribution in [0.25, 0.3) is 0 Å². The van der Waals surface area contributed by atoms with E-state index in [1.807, 2.05) is 0 Å². The van der Waals surface area contributed by atoms with E-state index in [1.54, 1.807) is 0 Å². The van der Waals surface area contributed by atoms with Gasteiger partial charge in [-0.1, -0.05) is 50.6 Å². The smallest absolute Gasteiger partial charge is 0.00516 e. The molecule has 1 rings (SSSR count). The van der Waals surface area contributed by atoms with Crippen LogP contribution in [0.3, 0.4) is 0 Å². The molecule has 0 spiro atoms. The second kappa shape index (κ2) is 10.7. The van der Waals surface area contributed by atoms with Crippen LogP contribution in [0.4, 0.5) is 0 Å². The zero-order chi connectivity index (χ0) is 12.2. The number of hydrogen-bond acceptors (Lipinski definition) is 1. The number of benzene rings is 1. The normalized spacial score (nSPS) is 9.50. The second-order valence-electron chi connectivity index (χ2n) is 4.09. The van der Waals surface area contributed by atoms with Gasteiger partial charge in [-0.2, -0.15) is 0 Å². The maximum absolute atomic E-state index is 3.28. The summed E-state index contributed by atoms with van der Waals surface area (Å²) in [5.74, 6) is 0. The van der Waals surface area contributed by atoms with Gasteiger partial charge in [0.2, 0.25) is 0 Å². The molecular weight excluding hydrogens is 194 g/mol. The van der Waals surface area contributed by atoms with Crippen LogP contribution in [-0.2, 0) is 6.42 Å². The summed E-state index contributed by atoms with van der Waals surface area (Å²) in [7, 11) is 0. The first kappa shape index (κ1) is 15.2. The van der Waals surface area contributed by atoms with Gasteiger partial charge >= 0.3 is 0 Å². The minimum atomic E-state index is 1.14. The Labute approximate surface area is 101 Å². The highest BCUT2D eigenvalue weighted by Crippen LogP contribution is 2.03. The summed E-state index contributed by atoms with van der Waals surface area (Å²) in [6, 6.07) is 8.61. The standard InChI is InChI=1S/C9H12.C6H15N/c1-3-9-6-4-5-8(2)7-9;1-3-5-7-6-4-2/h4-7H,3H2,1-2H3;7H,3-6H2,1-2H3. The van der Waals surface area contributed by atoms with E-state index in [1.165, 1.54) is 37.1 Å². The topological polar surface area (TPSA) is 12.0 Å². The van der Waals surface area contributed by atoms with Crippen molar-refractivity contribution in [2.45, 2.75) is 47.0 Å². The monoisotopic (exact) mass is 221 g/mol. The first-order valence-corrected chi connectivity index (χ1v) is 6.50. The van der Waals surface area contributed by atoms with Gasteiger partial charge < -0.3 is 5.32 Å². The van der Waals surface area contributed by atoms with E-state index in [-0.39, 0.29) is 0 Å². The lowest BCUT2D eigenvalue weighted by molar-refractivity contribution is 0.662. The number of hydrogen-bond donors (Lipinski definition) is 1. The molecule has 0 aromatic heterocycles. The van der Waals surface area contributed by atoms with Crippen LogP contribution in [0.5, 0.6) is 0 Å². The zero-order valence-corrected chi connectivity index (χ0v) is 11.3. The molecule has 1 heteroatoms. The minimum Gasteiger partial charge on any atom is -0.317 e. The lowest BCUT2D eigenvalue weighted by atomic mass is 10.1. The van der Waals surface area contributed by atoms with Crippen molar-refractivity contribution in [1.29, 1.82) is 0 Å². The largest absolute Gasteiger partial charge is 0.317 e. The van der Waals surface area contributed by atoms with Crippen molar-refractivity contribution in [2.24, 2.45) is 0 Å². The van der Waals surface area contributed by atoms with E-state index in [4.69, 9.17) is 0 Å². The van der Waals surface area contributed by atoms with Crippen LogP contribution in [0, 0.1) is 6.92 Å². The molecule has 0 radical (unpaired) electrons. The Morgan fingerprint density at radius 2 is 1.62 bits per heavy atom. The molecule has 92 valence electrons. The molecular formula is C15H27N. The van der Waals surface area contributed by atoms with Crippen molar-refractivity contribution in [1.82, 2.24) is 5.32 Å². The molecule has 0 saturated heterocycles. The molecule has 1 aromatic carbocycles. The van der Waals surface area contributed by atoms with E-state index >= 15 is 0 Å². The molecule has 0 heterocycles. The third kappa shape index (κ3) is 8.49. The van der Waals surface area contributed by atoms with Gasteiger partial charge in [-0.15, -0.1) is 0 Å². The summed E-state index contributed by atoms with van der Waals surface area (Å²) < 4.78 is 0.